The van der Waals surface area contributed by atoms with Crippen LogP contribution in [0, 0.1) is 0 Å². The largest absolute Gasteiger partial charge is 0.372 e. The van der Waals surface area contributed by atoms with E-state index >= 15 is 0 Å². The van der Waals surface area contributed by atoms with Crippen LogP contribution in [0.25, 0.3) is 11.4 Å². The summed E-state index contributed by atoms with van der Waals surface area (Å²) in [6.45, 7) is 6.46. The van der Waals surface area contributed by atoms with Crippen molar-refractivity contribution in [2.24, 2.45) is 0 Å². The predicted molar refractivity (Wildman–Crippen MR) is 95.2 cm³/mol. The minimum Gasteiger partial charge on any atom is -0.372 e. The summed E-state index contributed by atoms with van der Waals surface area (Å²) >= 11 is 5.35. The molecule has 1 aromatic heterocycles. The number of thioether (sulfide) groups is 1. The van der Waals surface area contributed by atoms with Gasteiger partial charge in [0.15, 0.2) is 5.82 Å². The molecule has 0 aliphatic carbocycles. The summed E-state index contributed by atoms with van der Waals surface area (Å²) in [7, 11) is 1.88. The molecule has 0 atom stereocenters. The molecule has 0 amide bonds. The zero-order valence-corrected chi connectivity index (χ0v) is 15.4. The Kier molecular flexibility index (Phi) is 4.94. The number of anilines is 1. The van der Waals surface area contributed by atoms with Crippen LogP contribution in [-0.4, -0.2) is 23.3 Å². The molecule has 1 aromatic carbocycles. The fourth-order valence-corrected chi connectivity index (χ4v) is 3.36. The molecule has 1 N–H and O–H groups in total. The van der Waals surface area contributed by atoms with E-state index in [1.54, 1.807) is 11.8 Å². The summed E-state index contributed by atoms with van der Waals surface area (Å²) < 4.78 is 0.932. The lowest BCUT2D eigenvalue weighted by Gasteiger charge is -2.21. The molecule has 3 nitrogen and oxygen atoms in total. The van der Waals surface area contributed by atoms with Gasteiger partial charge in [-0.3, -0.25) is 0 Å². The van der Waals surface area contributed by atoms with Gasteiger partial charge in [0, 0.05) is 22.9 Å². The van der Waals surface area contributed by atoms with Crippen molar-refractivity contribution in [3.8, 4) is 11.4 Å². The van der Waals surface area contributed by atoms with Gasteiger partial charge in [-0.15, -0.1) is 11.8 Å². The first-order valence-electron chi connectivity index (χ1n) is 6.77. The lowest BCUT2D eigenvalue weighted by Crippen LogP contribution is -2.17. The van der Waals surface area contributed by atoms with Gasteiger partial charge >= 0.3 is 0 Å². The van der Waals surface area contributed by atoms with Crippen molar-refractivity contribution in [2.45, 2.75) is 31.1 Å². The minimum atomic E-state index is -0.0542. The zero-order chi connectivity index (χ0) is 15.6. The molecule has 0 unspecified atom stereocenters. The smallest absolute Gasteiger partial charge is 0.161 e. The third-order valence-electron chi connectivity index (χ3n) is 3.15. The van der Waals surface area contributed by atoms with Crippen LogP contribution in [0.1, 0.15) is 26.5 Å². The van der Waals surface area contributed by atoms with Gasteiger partial charge in [-0.25, -0.2) is 9.97 Å². The summed E-state index contributed by atoms with van der Waals surface area (Å²) in [6.07, 6.45) is 2.07. The fraction of sp³-hybridized carbons (Fsp3) is 0.375. The number of aromatic nitrogens is 2. The first kappa shape index (κ1) is 16.3. The van der Waals surface area contributed by atoms with E-state index < -0.39 is 0 Å². The van der Waals surface area contributed by atoms with Crippen molar-refractivity contribution in [1.82, 2.24) is 9.97 Å². The predicted octanol–water partition coefficient (Wildman–Crippen LogP) is 4.97. The highest BCUT2D eigenvalue weighted by atomic mass is 79.9. The SMILES string of the molecule is CNc1nc(-c2ccc(SC)cc2)nc(C(C)(C)C)c1Br. The Labute approximate surface area is 139 Å². The highest BCUT2D eigenvalue weighted by molar-refractivity contribution is 9.10. The molecule has 1 heterocycles. The van der Waals surface area contributed by atoms with Gasteiger partial charge in [0.2, 0.25) is 0 Å². The van der Waals surface area contributed by atoms with E-state index in [9.17, 15) is 0 Å². The van der Waals surface area contributed by atoms with E-state index in [1.807, 2.05) is 7.05 Å². The maximum atomic E-state index is 4.77. The highest BCUT2D eigenvalue weighted by Gasteiger charge is 2.23. The third kappa shape index (κ3) is 3.58. The number of halogens is 1. The van der Waals surface area contributed by atoms with Gasteiger partial charge in [0.25, 0.3) is 0 Å². The van der Waals surface area contributed by atoms with Crippen molar-refractivity contribution >= 4 is 33.5 Å². The second-order valence-corrected chi connectivity index (χ2v) is 7.46. The molecular formula is C16H20BrN3S. The number of hydrogen-bond acceptors (Lipinski definition) is 4. The van der Waals surface area contributed by atoms with Gasteiger partial charge in [-0.05, 0) is 34.3 Å². The number of hydrogen-bond donors (Lipinski definition) is 1. The molecule has 0 spiro atoms. The first-order chi connectivity index (χ1) is 9.86. The molecule has 21 heavy (non-hydrogen) atoms. The second kappa shape index (κ2) is 6.36. The number of rotatable bonds is 3. The van der Waals surface area contributed by atoms with E-state index in [-0.39, 0.29) is 5.41 Å². The van der Waals surface area contributed by atoms with Crippen LogP contribution in [0.4, 0.5) is 5.82 Å². The Balaban J connectivity index is 2.58. The first-order valence-corrected chi connectivity index (χ1v) is 8.78. The lowest BCUT2D eigenvalue weighted by atomic mass is 9.91. The lowest BCUT2D eigenvalue weighted by molar-refractivity contribution is 0.564. The Bertz CT molecular complexity index is 633. The van der Waals surface area contributed by atoms with Gasteiger partial charge < -0.3 is 5.32 Å². The third-order valence-corrected chi connectivity index (χ3v) is 4.64. The van der Waals surface area contributed by atoms with Crippen LogP contribution in [-0.2, 0) is 5.41 Å². The van der Waals surface area contributed by atoms with E-state index in [1.165, 1.54) is 4.90 Å². The fourth-order valence-electron chi connectivity index (χ4n) is 1.98. The van der Waals surface area contributed by atoms with E-state index in [0.29, 0.717) is 0 Å². The van der Waals surface area contributed by atoms with Crippen molar-refractivity contribution < 1.29 is 0 Å². The number of nitrogens with zero attached hydrogens (tertiary/aromatic N) is 2. The Morgan fingerprint density at radius 3 is 2.19 bits per heavy atom. The highest BCUT2D eigenvalue weighted by Crippen LogP contribution is 2.34. The number of nitrogens with one attached hydrogen (secondary N) is 1. The van der Waals surface area contributed by atoms with Crippen LogP contribution in [0.3, 0.4) is 0 Å². The summed E-state index contributed by atoms with van der Waals surface area (Å²) in [6, 6.07) is 8.34. The normalized spacial score (nSPS) is 11.5. The molecule has 0 aliphatic heterocycles. The summed E-state index contributed by atoms with van der Waals surface area (Å²) in [5, 5.41) is 3.14. The molecule has 112 valence electrons. The van der Waals surface area contributed by atoms with Crippen molar-refractivity contribution in [2.75, 3.05) is 18.6 Å². The van der Waals surface area contributed by atoms with Crippen LogP contribution < -0.4 is 5.32 Å². The second-order valence-electron chi connectivity index (χ2n) is 5.79. The molecule has 2 aromatic rings. The van der Waals surface area contributed by atoms with E-state index in [2.05, 4.69) is 77.5 Å². The molecule has 5 heteroatoms. The Morgan fingerprint density at radius 2 is 1.71 bits per heavy atom. The maximum absolute atomic E-state index is 4.77. The van der Waals surface area contributed by atoms with Crippen molar-refractivity contribution in [1.29, 1.82) is 0 Å². The molecule has 0 saturated heterocycles. The zero-order valence-electron chi connectivity index (χ0n) is 13.0. The van der Waals surface area contributed by atoms with Crippen LogP contribution in [0.2, 0.25) is 0 Å². The molecule has 0 saturated carbocycles. The average Bonchev–Trinajstić information content (AvgIpc) is 2.46. The van der Waals surface area contributed by atoms with Crippen molar-refractivity contribution in [3.63, 3.8) is 0 Å². The van der Waals surface area contributed by atoms with Gasteiger partial charge in [0.1, 0.15) is 5.82 Å². The standard InChI is InChI=1S/C16H20BrN3S/c1-16(2,3)13-12(17)15(18-4)20-14(19-13)10-6-8-11(21-5)9-7-10/h6-9H,1-5H3,(H,18,19,20). The van der Waals surface area contributed by atoms with E-state index in [0.717, 1.165) is 27.4 Å². The van der Waals surface area contributed by atoms with E-state index in [4.69, 9.17) is 4.98 Å². The monoisotopic (exact) mass is 365 g/mol. The molecule has 2 rings (SSSR count). The molecule has 0 radical (unpaired) electrons. The van der Waals surface area contributed by atoms with Crippen LogP contribution in [0.5, 0.6) is 0 Å². The summed E-state index contributed by atoms with van der Waals surface area (Å²) in [5.41, 5.74) is 1.98. The number of benzene rings is 1. The van der Waals surface area contributed by atoms with Gasteiger partial charge in [0.05, 0.1) is 10.2 Å². The quantitative estimate of drug-likeness (QED) is 0.779. The Morgan fingerprint density at radius 1 is 1.10 bits per heavy atom. The molecule has 0 fully saturated rings. The summed E-state index contributed by atoms with van der Waals surface area (Å²) in [5.74, 6) is 1.57. The maximum Gasteiger partial charge on any atom is 0.161 e. The molecule has 0 bridgehead atoms. The summed E-state index contributed by atoms with van der Waals surface area (Å²) in [4.78, 5) is 10.6. The Hall–Kier alpha value is -1.07. The average molecular weight is 366 g/mol. The van der Waals surface area contributed by atoms with Gasteiger partial charge in [-0.2, -0.15) is 0 Å². The van der Waals surface area contributed by atoms with Gasteiger partial charge in [-0.1, -0.05) is 32.9 Å². The van der Waals surface area contributed by atoms with Crippen molar-refractivity contribution in [3.05, 3.63) is 34.4 Å². The minimum absolute atomic E-state index is 0.0542. The molecule has 0 aliphatic rings. The molecular weight excluding hydrogens is 346 g/mol. The topological polar surface area (TPSA) is 37.8 Å². The van der Waals surface area contributed by atoms with Crippen LogP contribution in [0.15, 0.2) is 33.6 Å². The van der Waals surface area contributed by atoms with Crippen LogP contribution >= 0.6 is 27.7 Å².